The van der Waals surface area contributed by atoms with Crippen LogP contribution in [0, 0.1) is 5.92 Å². The minimum absolute atomic E-state index is 0.236. The van der Waals surface area contributed by atoms with Crippen LogP contribution in [0.3, 0.4) is 0 Å². The average Bonchev–Trinajstić information content (AvgIpc) is 2.82. The number of carboxylic acid groups (broad SMARTS) is 1. The van der Waals surface area contributed by atoms with E-state index >= 15 is 0 Å². The van der Waals surface area contributed by atoms with Crippen molar-refractivity contribution in [1.82, 2.24) is 0 Å². The molecule has 2 atom stereocenters. The first-order valence-electron chi connectivity index (χ1n) is 16.3. The Labute approximate surface area is 237 Å². The molecule has 5 heteroatoms. The Morgan fingerprint density at radius 2 is 1.05 bits per heavy atom. The lowest BCUT2D eigenvalue weighted by molar-refractivity contribution is -0.873. The van der Waals surface area contributed by atoms with E-state index in [9.17, 15) is 14.7 Å². The van der Waals surface area contributed by atoms with Gasteiger partial charge in [0.05, 0.1) is 21.1 Å². The summed E-state index contributed by atoms with van der Waals surface area (Å²) < 4.78 is 5.96. The first-order valence-corrected chi connectivity index (χ1v) is 16.3. The quantitative estimate of drug-likeness (QED) is 0.0574. The molecule has 0 aliphatic heterocycles. The lowest BCUT2D eigenvalue weighted by atomic mass is 9.96. The number of unbranched alkanes of at least 4 members (excludes halogenated alkanes) is 17. The maximum atomic E-state index is 12.1. The summed E-state index contributed by atoms with van der Waals surface area (Å²) >= 11 is 0. The number of hydrogen-bond donors (Lipinski definition) is 0. The number of carboxylic acids is 1. The maximum Gasteiger partial charge on any atom is 0.306 e. The van der Waals surface area contributed by atoms with Gasteiger partial charge in [0.25, 0.3) is 0 Å². The van der Waals surface area contributed by atoms with Gasteiger partial charge in [-0.05, 0) is 12.3 Å². The fraction of sp³-hybridized carbons (Fsp3) is 0.939. The Bertz CT molecular complexity index is 558. The zero-order chi connectivity index (χ0) is 28.5. The van der Waals surface area contributed by atoms with E-state index in [1.807, 2.05) is 21.1 Å². The van der Waals surface area contributed by atoms with Gasteiger partial charge in [0.1, 0.15) is 6.54 Å². The fourth-order valence-electron chi connectivity index (χ4n) is 5.31. The van der Waals surface area contributed by atoms with Crippen LogP contribution in [0.2, 0.25) is 0 Å². The van der Waals surface area contributed by atoms with E-state index in [0.29, 0.717) is 17.4 Å². The van der Waals surface area contributed by atoms with Gasteiger partial charge < -0.3 is 19.1 Å². The van der Waals surface area contributed by atoms with Gasteiger partial charge >= 0.3 is 5.97 Å². The predicted molar refractivity (Wildman–Crippen MR) is 159 cm³/mol. The molecule has 0 heterocycles. The second-order valence-corrected chi connectivity index (χ2v) is 13.0. The molecule has 0 aromatic rings. The number of esters is 1. The Balaban J connectivity index is 3.43. The topological polar surface area (TPSA) is 66.4 Å². The SMILES string of the molecule is CCCCCC(C)CCCCCCCCCCCCCCCCCCC(=O)OC(CC(=O)[O-])C[N+](C)(C)C. The smallest absolute Gasteiger partial charge is 0.306 e. The van der Waals surface area contributed by atoms with Gasteiger partial charge in [0.15, 0.2) is 6.10 Å². The summed E-state index contributed by atoms with van der Waals surface area (Å²) in [5.74, 6) is -0.525. The van der Waals surface area contributed by atoms with Crippen molar-refractivity contribution in [2.45, 2.75) is 168 Å². The zero-order valence-corrected chi connectivity index (χ0v) is 26.2. The van der Waals surface area contributed by atoms with Crippen molar-refractivity contribution in [2.24, 2.45) is 5.92 Å². The molecule has 0 radical (unpaired) electrons. The number of nitrogens with zero attached hydrogens (tertiary/aromatic N) is 1. The largest absolute Gasteiger partial charge is 0.550 e. The van der Waals surface area contributed by atoms with Crippen molar-refractivity contribution < 1.29 is 23.9 Å². The Hall–Kier alpha value is -1.10. The molecule has 0 fully saturated rings. The van der Waals surface area contributed by atoms with Crippen LogP contribution in [0.1, 0.15) is 162 Å². The summed E-state index contributed by atoms with van der Waals surface area (Å²) in [4.78, 5) is 23.0. The number of aliphatic carboxylic acids is 1. The molecule has 2 unspecified atom stereocenters. The first kappa shape index (κ1) is 36.9. The third kappa shape index (κ3) is 27.9. The second kappa shape index (κ2) is 24.9. The van der Waals surface area contributed by atoms with Gasteiger partial charge in [0, 0.05) is 18.8 Å². The highest BCUT2D eigenvalue weighted by atomic mass is 16.5. The maximum absolute atomic E-state index is 12.1. The highest BCUT2D eigenvalue weighted by Crippen LogP contribution is 2.18. The fourth-order valence-corrected chi connectivity index (χ4v) is 5.31. The van der Waals surface area contributed by atoms with Crippen molar-refractivity contribution in [2.75, 3.05) is 27.7 Å². The van der Waals surface area contributed by atoms with Crippen LogP contribution >= 0.6 is 0 Å². The van der Waals surface area contributed by atoms with Crippen molar-refractivity contribution in [3.05, 3.63) is 0 Å². The normalized spacial score (nSPS) is 13.4. The molecule has 226 valence electrons. The highest BCUT2D eigenvalue weighted by molar-refractivity contribution is 5.70. The summed E-state index contributed by atoms with van der Waals surface area (Å²) in [6.07, 6.45) is 27.5. The van der Waals surface area contributed by atoms with Gasteiger partial charge in [-0.15, -0.1) is 0 Å². The van der Waals surface area contributed by atoms with Gasteiger partial charge in [-0.25, -0.2) is 0 Å². The molecule has 0 aliphatic rings. The molecular weight excluding hydrogens is 474 g/mol. The van der Waals surface area contributed by atoms with Crippen LogP contribution in [0.5, 0.6) is 0 Å². The molecule has 0 aromatic heterocycles. The molecule has 38 heavy (non-hydrogen) atoms. The number of hydrogen-bond acceptors (Lipinski definition) is 4. The summed E-state index contributed by atoms with van der Waals surface area (Å²) in [7, 11) is 5.86. The van der Waals surface area contributed by atoms with Crippen molar-refractivity contribution >= 4 is 11.9 Å². The third-order valence-corrected chi connectivity index (χ3v) is 7.57. The Kier molecular flexibility index (Phi) is 24.2. The number of quaternary nitrogens is 1. The van der Waals surface area contributed by atoms with Crippen LogP contribution in [0.15, 0.2) is 0 Å². The van der Waals surface area contributed by atoms with E-state index in [1.165, 1.54) is 116 Å². The highest BCUT2D eigenvalue weighted by Gasteiger charge is 2.22. The minimum atomic E-state index is -1.17. The lowest BCUT2D eigenvalue weighted by Crippen LogP contribution is -2.45. The third-order valence-electron chi connectivity index (χ3n) is 7.57. The summed E-state index contributed by atoms with van der Waals surface area (Å²) in [6, 6.07) is 0. The van der Waals surface area contributed by atoms with Crippen molar-refractivity contribution in [3.63, 3.8) is 0 Å². The molecule has 0 rings (SSSR count). The molecule has 0 aliphatic carbocycles. The minimum Gasteiger partial charge on any atom is -0.550 e. The van der Waals surface area contributed by atoms with Crippen LogP contribution in [0.25, 0.3) is 0 Å². The van der Waals surface area contributed by atoms with Crippen molar-refractivity contribution in [3.8, 4) is 0 Å². The molecule has 5 nitrogen and oxygen atoms in total. The number of rotatable bonds is 28. The van der Waals surface area contributed by atoms with Gasteiger partial charge in [-0.3, -0.25) is 4.79 Å². The van der Waals surface area contributed by atoms with E-state index in [-0.39, 0.29) is 12.4 Å². The van der Waals surface area contributed by atoms with Gasteiger partial charge in [-0.1, -0.05) is 142 Å². The van der Waals surface area contributed by atoms with Gasteiger partial charge in [0.2, 0.25) is 0 Å². The van der Waals surface area contributed by atoms with Crippen LogP contribution in [-0.2, 0) is 14.3 Å². The Morgan fingerprint density at radius 3 is 1.45 bits per heavy atom. The molecule has 0 saturated carbocycles. The number of ether oxygens (including phenoxy) is 1. The van der Waals surface area contributed by atoms with E-state index in [1.54, 1.807) is 0 Å². The standard InChI is InChI=1S/C33H65NO4/c1-6-7-22-25-30(2)26-23-20-18-16-14-12-10-8-9-11-13-15-17-19-21-24-27-33(37)38-31(28-32(35)36)29-34(3,4)5/h30-31H,6-29H2,1-5H3. The molecule has 0 aromatic carbocycles. The van der Waals surface area contributed by atoms with Crippen LogP contribution in [-0.4, -0.2) is 50.2 Å². The van der Waals surface area contributed by atoms with Crippen molar-refractivity contribution in [1.29, 1.82) is 0 Å². The molecule has 0 N–H and O–H groups in total. The van der Waals surface area contributed by atoms with E-state index in [2.05, 4.69) is 13.8 Å². The molecular formula is C33H65NO4. The summed E-state index contributed by atoms with van der Waals surface area (Å²) in [5, 5.41) is 10.9. The van der Waals surface area contributed by atoms with E-state index < -0.39 is 12.1 Å². The van der Waals surface area contributed by atoms with E-state index in [0.717, 1.165) is 25.2 Å². The zero-order valence-electron chi connectivity index (χ0n) is 26.2. The van der Waals surface area contributed by atoms with Crippen LogP contribution in [0.4, 0.5) is 0 Å². The molecule has 0 amide bonds. The summed E-state index contributed by atoms with van der Waals surface area (Å²) in [6.45, 7) is 5.20. The predicted octanol–water partition coefficient (Wildman–Crippen LogP) is 7.98. The first-order chi connectivity index (χ1) is 18.1. The monoisotopic (exact) mass is 539 g/mol. The number of carbonyl (C=O) groups excluding carboxylic acids is 2. The van der Waals surface area contributed by atoms with Gasteiger partial charge in [-0.2, -0.15) is 0 Å². The number of likely N-dealkylation sites (N-methyl/N-ethyl adjacent to an activating group) is 1. The molecule has 0 saturated heterocycles. The Morgan fingerprint density at radius 1 is 0.658 bits per heavy atom. The lowest BCUT2D eigenvalue weighted by Gasteiger charge is -2.29. The molecule has 0 spiro atoms. The average molecular weight is 540 g/mol. The van der Waals surface area contributed by atoms with E-state index in [4.69, 9.17) is 4.74 Å². The number of carbonyl (C=O) groups is 2. The second-order valence-electron chi connectivity index (χ2n) is 13.0. The molecule has 0 bridgehead atoms. The van der Waals surface area contributed by atoms with Crippen LogP contribution < -0.4 is 5.11 Å². The summed E-state index contributed by atoms with van der Waals surface area (Å²) in [5.41, 5.74) is 0.